The van der Waals surface area contributed by atoms with Crippen molar-refractivity contribution in [2.24, 2.45) is 0 Å². The summed E-state index contributed by atoms with van der Waals surface area (Å²) < 4.78 is 0. The molecule has 0 aliphatic rings. The lowest BCUT2D eigenvalue weighted by atomic mass is 10.2. The first-order chi connectivity index (χ1) is 6.34. The normalized spacial score (nSPS) is 10.9. The number of halogens is 1. The number of nitrogens with zero attached hydrogens (tertiary/aromatic N) is 1. The quantitative estimate of drug-likeness (QED) is 0.748. The summed E-state index contributed by atoms with van der Waals surface area (Å²) >= 11 is 5.38. The molecule has 1 aromatic rings. The summed E-state index contributed by atoms with van der Waals surface area (Å²) in [6.07, 6.45) is 3.67. The molecule has 0 unspecified atom stereocenters. The molecule has 1 heterocycles. The Morgan fingerprint density at radius 2 is 2.46 bits per heavy atom. The van der Waals surface area contributed by atoms with Crippen LogP contribution in [0.4, 0.5) is 0 Å². The number of rotatable bonds is 4. The number of hydrogen-bond donors (Lipinski definition) is 1. The highest BCUT2D eigenvalue weighted by atomic mass is 35.5. The summed E-state index contributed by atoms with van der Waals surface area (Å²) in [6.45, 7) is 3.62. The van der Waals surface area contributed by atoms with Crippen LogP contribution in [-0.4, -0.2) is 11.5 Å². The average Bonchev–Trinajstić information content (AvgIpc) is 2.15. The van der Waals surface area contributed by atoms with Crippen molar-refractivity contribution in [2.75, 3.05) is 6.54 Å². The van der Waals surface area contributed by atoms with Gasteiger partial charge in [0.1, 0.15) is 0 Å². The van der Waals surface area contributed by atoms with E-state index in [4.69, 9.17) is 11.6 Å². The van der Waals surface area contributed by atoms with Gasteiger partial charge in [-0.2, -0.15) is 0 Å². The maximum absolute atomic E-state index is 5.38. The number of aryl methyl sites for hydroxylation is 1. The molecule has 0 bridgehead atoms. The SMILES string of the molecule is Cc1cccnc1CNC/C=C/Cl. The highest BCUT2D eigenvalue weighted by Gasteiger charge is 1.95. The molecule has 13 heavy (non-hydrogen) atoms. The van der Waals surface area contributed by atoms with Crippen LogP contribution in [0.5, 0.6) is 0 Å². The predicted octanol–water partition coefficient (Wildman–Crippen LogP) is 2.23. The minimum Gasteiger partial charge on any atom is -0.308 e. The van der Waals surface area contributed by atoms with E-state index in [1.54, 1.807) is 6.20 Å². The van der Waals surface area contributed by atoms with Gasteiger partial charge in [-0.3, -0.25) is 4.98 Å². The Bertz CT molecular complexity index is 284. The Balaban J connectivity index is 2.41. The summed E-state index contributed by atoms with van der Waals surface area (Å²) in [5, 5.41) is 3.21. The molecule has 0 aromatic carbocycles. The minimum absolute atomic E-state index is 0.777. The average molecular weight is 197 g/mol. The van der Waals surface area contributed by atoms with Crippen LogP contribution in [0.2, 0.25) is 0 Å². The lowest BCUT2D eigenvalue weighted by Crippen LogP contribution is -2.14. The zero-order valence-corrected chi connectivity index (χ0v) is 8.38. The van der Waals surface area contributed by atoms with Crippen molar-refractivity contribution in [3.05, 3.63) is 41.2 Å². The largest absolute Gasteiger partial charge is 0.308 e. The van der Waals surface area contributed by atoms with E-state index in [0.29, 0.717) is 0 Å². The van der Waals surface area contributed by atoms with Crippen LogP contribution < -0.4 is 5.32 Å². The third-order valence-electron chi connectivity index (χ3n) is 1.76. The van der Waals surface area contributed by atoms with Crippen LogP contribution >= 0.6 is 11.6 Å². The second kappa shape index (κ2) is 5.73. The standard InChI is InChI=1S/C10H13ClN2/c1-9-4-2-7-13-10(9)8-12-6-3-5-11/h2-5,7,12H,6,8H2,1H3/b5-3+. The van der Waals surface area contributed by atoms with Crippen molar-refractivity contribution in [2.45, 2.75) is 13.5 Å². The van der Waals surface area contributed by atoms with E-state index in [-0.39, 0.29) is 0 Å². The van der Waals surface area contributed by atoms with Gasteiger partial charge in [0.05, 0.1) is 5.69 Å². The van der Waals surface area contributed by atoms with E-state index in [1.165, 1.54) is 11.1 Å². The molecule has 0 aliphatic heterocycles. The maximum atomic E-state index is 5.38. The van der Waals surface area contributed by atoms with Crippen molar-refractivity contribution in [1.82, 2.24) is 10.3 Å². The first-order valence-electron chi connectivity index (χ1n) is 4.21. The Morgan fingerprint density at radius 1 is 1.62 bits per heavy atom. The van der Waals surface area contributed by atoms with Crippen LogP contribution in [-0.2, 0) is 6.54 Å². The smallest absolute Gasteiger partial charge is 0.0570 e. The summed E-state index contributed by atoms with van der Waals surface area (Å²) in [6, 6.07) is 4.00. The third kappa shape index (κ3) is 3.57. The van der Waals surface area contributed by atoms with Gasteiger partial charge in [0.2, 0.25) is 0 Å². The molecule has 1 rings (SSSR count). The molecule has 0 saturated heterocycles. The van der Waals surface area contributed by atoms with Gasteiger partial charge in [0.25, 0.3) is 0 Å². The summed E-state index contributed by atoms with van der Waals surface area (Å²) in [7, 11) is 0. The lowest BCUT2D eigenvalue weighted by Gasteiger charge is -2.03. The maximum Gasteiger partial charge on any atom is 0.0570 e. The molecule has 1 N–H and O–H groups in total. The van der Waals surface area contributed by atoms with Gasteiger partial charge in [0.15, 0.2) is 0 Å². The molecule has 70 valence electrons. The Kier molecular flexibility index (Phi) is 4.50. The molecule has 0 amide bonds. The Labute approximate surface area is 83.6 Å². The monoisotopic (exact) mass is 196 g/mol. The minimum atomic E-state index is 0.777. The van der Waals surface area contributed by atoms with E-state index in [0.717, 1.165) is 18.8 Å². The van der Waals surface area contributed by atoms with Crippen LogP contribution in [0.25, 0.3) is 0 Å². The summed E-state index contributed by atoms with van der Waals surface area (Å²) in [5.41, 5.74) is 3.81. The first-order valence-corrected chi connectivity index (χ1v) is 4.64. The van der Waals surface area contributed by atoms with Crippen molar-refractivity contribution in [3.63, 3.8) is 0 Å². The van der Waals surface area contributed by atoms with Gasteiger partial charge >= 0.3 is 0 Å². The Morgan fingerprint density at radius 3 is 3.15 bits per heavy atom. The van der Waals surface area contributed by atoms with Crippen LogP contribution in [0, 0.1) is 6.92 Å². The molecule has 0 atom stereocenters. The van der Waals surface area contributed by atoms with Crippen molar-refractivity contribution < 1.29 is 0 Å². The number of hydrogen-bond acceptors (Lipinski definition) is 2. The van der Waals surface area contributed by atoms with Crippen molar-refractivity contribution in [1.29, 1.82) is 0 Å². The Hall–Kier alpha value is -0.860. The fraction of sp³-hybridized carbons (Fsp3) is 0.300. The fourth-order valence-electron chi connectivity index (χ4n) is 1.02. The molecule has 0 spiro atoms. The van der Waals surface area contributed by atoms with Gasteiger partial charge in [-0.15, -0.1) is 0 Å². The molecule has 1 aromatic heterocycles. The van der Waals surface area contributed by atoms with Gasteiger partial charge in [0, 0.05) is 24.8 Å². The fourth-order valence-corrected chi connectivity index (χ4v) is 1.11. The van der Waals surface area contributed by atoms with Crippen molar-refractivity contribution in [3.8, 4) is 0 Å². The summed E-state index contributed by atoms with van der Waals surface area (Å²) in [4.78, 5) is 4.26. The predicted molar refractivity (Wildman–Crippen MR) is 55.7 cm³/mol. The van der Waals surface area contributed by atoms with Crippen LogP contribution in [0.3, 0.4) is 0 Å². The van der Waals surface area contributed by atoms with Crippen LogP contribution in [0.1, 0.15) is 11.3 Å². The van der Waals surface area contributed by atoms with E-state index in [1.807, 2.05) is 12.1 Å². The van der Waals surface area contributed by atoms with Gasteiger partial charge in [-0.1, -0.05) is 23.7 Å². The lowest BCUT2D eigenvalue weighted by molar-refractivity contribution is 0.735. The molecule has 0 saturated carbocycles. The highest BCUT2D eigenvalue weighted by Crippen LogP contribution is 2.01. The number of pyridine rings is 1. The molecule has 0 fully saturated rings. The second-order valence-electron chi connectivity index (χ2n) is 2.76. The third-order valence-corrected chi connectivity index (χ3v) is 1.94. The molecule has 2 nitrogen and oxygen atoms in total. The van der Waals surface area contributed by atoms with Crippen molar-refractivity contribution >= 4 is 11.6 Å². The van der Waals surface area contributed by atoms with Gasteiger partial charge < -0.3 is 5.32 Å². The topological polar surface area (TPSA) is 24.9 Å². The molecule has 0 radical (unpaired) electrons. The van der Waals surface area contributed by atoms with Gasteiger partial charge in [-0.05, 0) is 18.6 Å². The second-order valence-corrected chi connectivity index (χ2v) is 3.01. The van der Waals surface area contributed by atoms with Gasteiger partial charge in [-0.25, -0.2) is 0 Å². The summed E-state index contributed by atoms with van der Waals surface area (Å²) in [5.74, 6) is 0. The van der Waals surface area contributed by atoms with E-state index in [9.17, 15) is 0 Å². The highest BCUT2D eigenvalue weighted by molar-refractivity contribution is 6.25. The van der Waals surface area contributed by atoms with E-state index in [2.05, 4.69) is 23.3 Å². The number of aromatic nitrogens is 1. The first kappa shape index (κ1) is 10.2. The molecule has 3 heteroatoms. The zero-order valence-electron chi connectivity index (χ0n) is 7.63. The van der Waals surface area contributed by atoms with Crippen LogP contribution in [0.15, 0.2) is 29.9 Å². The number of nitrogens with one attached hydrogen (secondary N) is 1. The molecular formula is C10H13ClN2. The molecular weight excluding hydrogens is 184 g/mol. The zero-order chi connectivity index (χ0) is 9.52. The van der Waals surface area contributed by atoms with E-state index < -0.39 is 0 Å². The molecule has 0 aliphatic carbocycles. The van der Waals surface area contributed by atoms with E-state index >= 15 is 0 Å².